The first-order valence-electron chi connectivity index (χ1n) is 6.11. The summed E-state index contributed by atoms with van der Waals surface area (Å²) in [7, 11) is 0. The maximum absolute atomic E-state index is 8.66. The summed E-state index contributed by atoms with van der Waals surface area (Å²) in [6.07, 6.45) is 2.25. The van der Waals surface area contributed by atoms with Crippen molar-refractivity contribution < 1.29 is 20.3 Å². The molecule has 0 bridgehead atoms. The summed E-state index contributed by atoms with van der Waals surface area (Å²) in [5.41, 5.74) is 0. The van der Waals surface area contributed by atoms with Crippen molar-refractivity contribution in [1.82, 2.24) is 0 Å². The summed E-state index contributed by atoms with van der Waals surface area (Å²) in [6.45, 7) is 6.64. The molecule has 0 aliphatic heterocycles. The highest BCUT2D eigenvalue weighted by Crippen LogP contribution is 2.36. The van der Waals surface area contributed by atoms with Crippen molar-refractivity contribution in [2.75, 3.05) is 0 Å². The summed E-state index contributed by atoms with van der Waals surface area (Å²) < 4.78 is 0.286. The summed E-state index contributed by atoms with van der Waals surface area (Å²) in [4.78, 5) is 9.22. The van der Waals surface area contributed by atoms with Crippen molar-refractivity contribution in [2.24, 2.45) is 0 Å². The Hall–Kier alpha value is -0.495. The molecule has 4 nitrogen and oxygen atoms in total. The molecule has 0 unspecified atom stereocenters. The monoisotopic (exact) mass is 302 g/mol. The molecule has 19 heavy (non-hydrogen) atoms. The highest BCUT2D eigenvalue weighted by atomic mass is 32.2. The van der Waals surface area contributed by atoms with E-state index in [1.165, 1.54) is 6.07 Å². The molecule has 0 saturated heterocycles. The molecule has 0 aliphatic carbocycles. The van der Waals surface area contributed by atoms with Crippen LogP contribution in [0.5, 0.6) is 11.5 Å². The molecule has 0 aromatic heterocycles. The molecular weight excluding hydrogens is 283 g/mol. The van der Waals surface area contributed by atoms with E-state index < -0.39 is 0 Å². The minimum absolute atomic E-state index is 0.243. The highest BCUT2D eigenvalue weighted by molar-refractivity contribution is 8.51. The molecular formula is C12H19BO4S2. The fraction of sp³-hybridized carbons (Fsp3) is 0.500. The van der Waals surface area contributed by atoms with E-state index in [0.717, 1.165) is 23.6 Å². The van der Waals surface area contributed by atoms with E-state index >= 15 is 0 Å². The number of benzene rings is 1. The van der Waals surface area contributed by atoms with E-state index in [0.29, 0.717) is 0 Å². The van der Waals surface area contributed by atoms with Crippen LogP contribution in [0.3, 0.4) is 0 Å². The maximum atomic E-state index is 8.66. The van der Waals surface area contributed by atoms with Crippen LogP contribution in [-0.2, 0) is 0 Å². The largest absolute Gasteiger partial charge is 0.340 e. The minimum atomic E-state index is 0.243. The van der Waals surface area contributed by atoms with Crippen LogP contribution in [0.15, 0.2) is 23.1 Å². The van der Waals surface area contributed by atoms with Crippen LogP contribution in [0, 0.1) is 0 Å². The van der Waals surface area contributed by atoms with Crippen molar-refractivity contribution in [2.45, 2.75) is 43.3 Å². The molecule has 0 heterocycles. The van der Waals surface area contributed by atoms with E-state index in [1.807, 2.05) is 11.6 Å². The molecule has 1 aromatic carbocycles. The van der Waals surface area contributed by atoms with Crippen LogP contribution in [-0.4, -0.2) is 21.1 Å². The topological polar surface area (TPSA) is 58.9 Å². The standard InChI is InChI=1S/C12H19BO4S2/c1-4-12(3,5-2)19-13-18-11-7-9(16-14)6-10(8-11)17-15/h6-8,13-15H,4-5H2,1-3H3. The molecule has 0 fully saturated rings. The second kappa shape index (κ2) is 7.94. The Morgan fingerprint density at radius 2 is 1.63 bits per heavy atom. The van der Waals surface area contributed by atoms with Crippen LogP contribution >= 0.6 is 23.2 Å². The van der Waals surface area contributed by atoms with Crippen LogP contribution in [0.2, 0.25) is 0 Å². The Balaban J connectivity index is 2.62. The molecule has 1 rings (SSSR count). The van der Waals surface area contributed by atoms with Gasteiger partial charge in [0, 0.05) is 15.7 Å². The molecule has 0 radical (unpaired) electrons. The zero-order valence-electron chi connectivity index (χ0n) is 11.4. The van der Waals surface area contributed by atoms with Gasteiger partial charge in [0.2, 0.25) is 0 Å². The molecule has 1 aromatic rings. The molecule has 0 aliphatic rings. The fourth-order valence-corrected chi connectivity index (χ4v) is 4.15. The van der Waals surface area contributed by atoms with E-state index in [2.05, 4.69) is 30.5 Å². The molecule has 7 heteroatoms. The lowest BCUT2D eigenvalue weighted by Crippen LogP contribution is -2.17. The minimum Gasteiger partial charge on any atom is -0.340 e. The van der Waals surface area contributed by atoms with Gasteiger partial charge in [0.15, 0.2) is 11.5 Å². The third-order valence-corrected chi connectivity index (χ3v) is 5.98. The van der Waals surface area contributed by atoms with Crippen LogP contribution in [0.25, 0.3) is 0 Å². The van der Waals surface area contributed by atoms with Crippen molar-refractivity contribution in [1.29, 1.82) is 0 Å². The molecule has 0 atom stereocenters. The van der Waals surface area contributed by atoms with Gasteiger partial charge in [-0.15, -0.1) is 0 Å². The maximum Gasteiger partial charge on any atom is 0.263 e. The van der Waals surface area contributed by atoms with Gasteiger partial charge in [-0.05, 0) is 25.0 Å². The zero-order chi connectivity index (χ0) is 14.3. The van der Waals surface area contributed by atoms with Crippen LogP contribution in [0.1, 0.15) is 33.6 Å². The van der Waals surface area contributed by atoms with Crippen LogP contribution in [0.4, 0.5) is 0 Å². The van der Waals surface area contributed by atoms with Gasteiger partial charge in [0.1, 0.15) is 0 Å². The zero-order valence-corrected chi connectivity index (χ0v) is 13.0. The normalized spacial score (nSPS) is 11.2. The van der Waals surface area contributed by atoms with Crippen LogP contribution < -0.4 is 9.78 Å². The van der Waals surface area contributed by atoms with Gasteiger partial charge in [0.25, 0.3) is 5.84 Å². The lowest BCUT2D eigenvalue weighted by molar-refractivity contribution is -0.145. The van der Waals surface area contributed by atoms with Gasteiger partial charge < -0.3 is 9.78 Å². The second-order valence-corrected chi connectivity index (χ2v) is 7.36. The van der Waals surface area contributed by atoms with Crippen molar-refractivity contribution in [3.8, 4) is 11.5 Å². The molecule has 0 spiro atoms. The third-order valence-electron chi connectivity index (χ3n) is 3.19. The SMILES string of the molecule is CCC(C)(CC)SBSc1cc(OO)cc(OO)c1. The Morgan fingerprint density at radius 1 is 1.11 bits per heavy atom. The van der Waals surface area contributed by atoms with Crippen molar-refractivity contribution in [3.63, 3.8) is 0 Å². The first-order valence-corrected chi connectivity index (χ1v) is 8.08. The fourth-order valence-electron chi connectivity index (χ4n) is 1.43. The quantitative estimate of drug-likeness (QED) is 0.429. The smallest absolute Gasteiger partial charge is 0.263 e. The number of rotatable bonds is 8. The Labute approximate surface area is 122 Å². The average Bonchev–Trinajstić information content (AvgIpc) is 2.46. The van der Waals surface area contributed by atoms with Gasteiger partial charge in [-0.2, -0.15) is 23.2 Å². The van der Waals surface area contributed by atoms with Gasteiger partial charge in [-0.1, -0.05) is 20.8 Å². The van der Waals surface area contributed by atoms with Gasteiger partial charge in [-0.3, -0.25) is 0 Å². The van der Waals surface area contributed by atoms with Crippen molar-refractivity contribution in [3.05, 3.63) is 18.2 Å². The lowest BCUT2D eigenvalue weighted by Gasteiger charge is -2.25. The summed E-state index contributed by atoms with van der Waals surface area (Å²) in [5.74, 6) is 1.37. The third kappa shape index (κ3) is 5.18. The number of hydrogen-bond acceptors (Lipinski definition) is 6. The average molecular weight is 302 g/mol. The van der Waals surface area contributed by atoms with E-state index in [4.69, 9.17) is 10.5 Å². The second-order valence-electron chi connectivity index (χ2n) is 4.39. The summed E-state index contributed by atoms with van der Waals surface area (Å²) in [6, 6.07) is 4.80. The Morgan fingerprint density at radius 3 is 2.05 bits per heavy atom. The number of hydrogen-bond donors (Lipinski definition) is 2. The summed E-state index contributed by atoms with van der Waals surface area (Å²) in [5, 5.41) is 17.3. The molecule has 0 saturated carbocycles. The van der Waals surface area contributed by atoms with E-state index in [1.54, 1.807) is 23.7 Å². The van der Waals surface area contributed by atoms with Gasteiger partial charge in [0.05, 0.1) is 0 Å². The van der Waals surface area contributed by atoms with Crippen molar-refractivity contribution >= 4 is 29.1 Å². The summed E-state index contributed by atoms with van der Waals surface area (Å²) >= 11 is 3.52. The predicted molar refractivity (Wildman–Crippen MR) is 82.5 cm³/mol. The van der Waals surface area contributed by atoms with E-state index in [-0.39, 0.29) is 16.2 Å². The molecule has 0 amide bonds. The first-order chi connectivity index (χ1) is 9.06. The van der Waals surface area contributed by atoms with E-state index in [9.17, 15) is 0 Å². The highest BCUT2D eigenvalue weighted by Gasteiger charge is 2.20. The molecule has 2 N–H and O–H groups in total. The lowest BCUT2D eigenvalue weighted by atomic mass is 10.1. The molecule has 106 valence electrons. The predicted octanol–water partition coefficient (Wildman–Crippen LogP) is 4.06. The first kappa shape index (κ1) is 16.6. The van der Waals surface area contributed by atoms with Gasteiger partial charge in [-0.25, -0.2) is 10.5 Å². The Kier molecular flexibility index (Phi) is 6.92. The Bertz CT molecular complexity index is 377. The van der Waals surface area contributed by atoms with Gasteiger partial charge >= 0.3 is 0 Å².